The molecule has 0 radical (unpaired) electrons. The lowest BCUT2D eigenvalue weighted by Crippen LogP contribution is -2.27. The number of hydrogen-bond acceptors (Lipinski definition) is 4. The Morgan fingerprint density at radius 3 is 2.89 bits per heavy atom. The molecule has 1 N–H and O–H groups in total. The average Bonchev–Trinajstić information content (AvgIpc) is 2.36. The summed E-state index contributed by atoms with van der Waals surface area (Å²) in [6, 6.07) is 8.01. The van der Waals surface area contributed by atoms with Crippen LogP contribution in [0.25, 0.3) is 0 Å². The van der Waals surface area contributed by atoms with Crippen molar-refractivity contribution >= 4 is 5.97 Å². The first-order chi connectivity index (χ1) is 9.11. The fraction of sp³-hybridized carbons (Fsp3) is 0.533. The normalized spacial score (nSPS) is 11.9. The number of carbonyl (C=O) groups excluding carboxylic acids is 1. The van der Waals surface area contributed by atoms with Crippen molar-refractivity contribution in [2.24, 2.45) is 0 Å². The highest BCUT2D eigenvalue weighted by molar-refractivity contribution is 5.66. The molecule has 1 rings (SSSR count). The van der Waals surface area contributed by atoms with Crippen molar-refractivity contribution in [2.45, 2.75) is 39.8 Å². The molecule has 106 valence electrons. The molecular weight excluding hydrogens is 242 g/mol. The third kappa shape index (κ3) is 6.82. The number of hydrogen-bond donors (Lipinski definition) is 1. The van der Waals surface area contributed by atoms with E-state index in [1.165, 1.54) is 6.92 Å². The van der Waals surface area contributed by atoms with Crippen molar-refractivity contribution in [3.63, 3.8) is 0 Å². The molecule has 0 aliphatic rings. The van der Waals surface area contributed by atoms with E-state index in [1.54, 1.807) is 0 Å². The van der Waals surface area contributed by atoms with E-state index in [2.05, 4.69) is 12.2 Å². The van der Waals surface area contributed by atoms with Crippen molar-refractivity contribution in [1.82, 2.24) is 5.32 Å². The first kappa shape index (κ1) is 15.5. The molecule has 1 atom stereocenters. The lowest BCUT2D eigenvalue weighted by atomic mass is 10.2. The molecule has 19 heavy (non-hydrogen) atoms. The molecule has 0 aliphatic heterocycles. The predicted molar refractivity (Wildman–Crippen MR) is 75.2 cm³/mol. The Kier molecular flexibility index (Phi) is 6.97. The molecule has 0 bridgehead atoms. The van der Waals surface area contributed by atoms with Crippen LogP contribution in [0.15, 0.2) is 24.3 Å². The number of esters is 1. The van der Waals surface area contributed by atoms with Gasteiger partial charge in [-0.2, -0.15) is 0 Å². The average molecular weight is 265 g/mol. The summed E-state index contributed by atoms with van der Waals surface area (Å²) in [5.74, 6) is 0.651. The maximum absolute atomic E-state index is 10.8. The topological polar surface area (TPSA) is 47.6 Å². The zero-order chi connectivity index (χ0) is 14.1. The van der Waals surface area contributed by atoms with E-state index in [-0.39, 0.29) is 12.1 Å². The van der Waals surface area contributed by atoms with Crippen LogP contribution in [0.5, 0.6) is 5.75 Å². The zero-order valence-corrected chi connectivity index (χ0v) is 11.9. The van der Waals surface area contributed by atoms with Crippen LogP contribution in [0.2, 0.25) is 0 Å². The van der Waals surface area contributed by atoms with Gasteiger partial charge in [0.05, 0.1) is 6.61 Å². The molecule has 1 aromatic carbocycles. The minimum absolute atomic E-state index is 0.114. The number of ether oxygens (including phenoxy) is 2. The fourth-order valence-electron chi connectivity index (χ4n) is 1.71. The van der Waals surface area contributed by atoms with E-state index in [0.717, 1.165) is 30.9 Å². The van der Waals surface area contributed by atoms with Crippen LogP contribution in [-0.4, -0.2) is 25.2 Å². The molecule has 0 fully saturated rings. The second-order valence-electron chi connectivity index (χ2n) is 4.55. The lowest BCUT2D eigenvalue weighted by molar-refractivity contribution is -0.145. The molecule has 4 nitrogen and oxygen atoms in total. The van der Waals surface area contributed by atoms with Crippen molar-refractivity contribution in [3.8, 4) is 5.75 Å². The van der Waals surface area contributed by atoms with Gasteiger partial charge in [-0.3, -0.25) is 4.79 Å². The molecule has 0 aromatic heterocycles. The van der Waals surface area contributed by atoms with Gasteiger partial charge in [0.15, 0.2) is 0 Å². The number of carbonyl (C=O) groups is 1. The van der Waals surface area contributed by atoms with E-state index in [9.17, 15) is 4.79 Å². The summed E-state index contributed by atoms with van der Waals surface area (Å²) >= 11 is 0. The Bertz CT molecular complexity index is 393. The van der Waals surface area contributed by atoms with E-state index in [4.69, 9.17) is 9.47 Å². The molecule has 0 saturated heterocycles. The number of rotatable bonds is 8. The first-order valence-electron chi connectivity index (χ1n) is 6.71. The van der Waals surface area contributed by atoms with Crippen molar-refractivity contribution in [3.05, 3.63) is 29.8 Å². The quantitative estimate of drug-likeness (QED) is 0.734. The minimum atomic E-state index is -0.246. The van der Waals surface area contributed by atoms with Gasteiger partial charge in [0.1, 0.15) is 11.9 Å². The van der Waals surface area contributed by atoms with Gasteiger partial charge in [0, 0.05) is 20.0 Å². The van der Waals surface area contributed by atoms with Crippen LogP contribution in [0.1, 0.15) is 32.8 Å². The van der Waals surface area contributed by atoms with E-state index in [0.29, 0.717) is 6.54 Å². The Morgan fingerprint density at radius 1 is 1.42 bits per heavy atom. The van der Waals surface area contributed by atoms with Crippen LogP contribution >= 0.6 is 0 Å². The second kappa shape index (κ2) is 8.53. The fourth-order valence-corrected chi connectivity index (χ4v) is 1.71. The third-order valence-electron chi connectivity index (χ3n) is 2.50. The maximum atomic E-state index is 10.8. The summed E-state index contributed by atoms with van der Waals surface area (Å²) in [6.07, 6.45) is 0.888. The van der Waals surface area contributed by atoms with Gasteiger partial charge >= 0.3 is 5.97 Å². The third-order valence-corrected chi connectivity index (χ3v) is 2.50. The predicted octanol–water partition coefficient (Wildman–Crippen LogP) is 2.52. The standard InChI is InChI=1S/C15H23NO3/c1-4-8-18-15-7-5-6-14(9-15)11-16-10-12(2)19-13(3)17/h5-7,9,12,16H,4,8,10-11H2,1-3H3. The number of benzene rings is 1. The molecule has 4 heteroatoms. The van der Waals surface area contributed by atoms with Crippen molar-refractivity contribution < 1.29 is 14.3 Å². The highest BCUT2D eigenvalue weighted by atomic mass is 16.5. The first-order valence-corrected chi connectivity index (χ1v) is 6.71. The molecule has 0 heterocycles. The van der Waals surface area contributed by atoms with E-state index < -0.39 is 0 Å². The monoisotopic (exact) mass is 265 g/mol. The van der Waals surface area contributed by atoms with Gasteiger partial charge in [0.25, 0.3) is 0 Å². The largest absolute Gasteiger partial charge is 0.494 e. The molecule has 1 aromatic rings. The highest BCUT2D eigenvalue weighted by Gasteiger charge is 2.04. The Morgan fingerprint density at radius 2 is 2.21 bits per heavy atom. The Balaban J connectivity index is 2.34. The summed E-state index contributed by atoms with van der Waals surface area (Å²) in [4.78, 5) is 10.8. The second-order valence-corrected chi connectivity index (χ2v) is 4.55. The van der Waals surface area contributed by atoms with Crippen molar-refractivity contribution in [2.75, 3.05) is 13.2 Å². The Hall–Kier alpha value is -1.55. The van der Waals surface area contributed by atoms with Gasteiger partial charge in [0.2, 0.25) is 0 Å². The number of nitrogens with one attached hydrogen (secondary N) is 1. The van der Waals surface area contributed by atoms with Gasteiger partial charge < -0.3 is 14.8 Å². The van der Waals surface area contributed by atoms with Crippen LogP contribution < -0.4 is 10.1 Å². The summed E-state index contributed by atoms with van der Waals surface area (Å²) in [5.41, 5.74) is 1.16. The molecule has 0 amide bonds. The maximum Gasteiger partial charge on any atom is 0.302 e. The van der Waals surface area contributed by atoms with E-state index >= 15 is 0 Å². The molecular formula is C15H23NO3. The van der Waals surface area contributed by atoms with Gasteiger partial charge in [-0.15, -0.1) is 0 Å². The summed E-state index contributed by atoms with van der Waals surface area (Å²) < 4.78 is 10.6. The summed E-state index contributed by atoms with van der Waals surface area (Å²) in [5, 5.41) is 3.26. The van der Waals surface area contributed by atoms with Gasteiger partial charge in [-0.25, -0.2) is 0 Å². The zero-order valence-electron chi connectivity index (χ0n) is 11.9. The van der Waals surface area contributed by atoms with Crippen LogP contribution in [0, 0.1) is 0 Å². The molecule has 1 unspecified atom stereocenters. The lowest BCUT2D eigenvalue weighted by Gasteiger charge is -2.13. The van der Waals surface area contributed by atoms with Gasteiger partial charge in [-0.05, 0) is 31.0 Å². The molecule has 0 aliphatic carbocycles. The Labute approximate surface area is 115 Å². The van der Waals surface area contributed by atoms with Crippen LogP contribution in [-0.2, 0) is 16.1 Å². The van der Waals surface area contributed by atoms with Crippen LogP contribution in [0.3, 0.4) is 0 Å². The summed E-state index contributed by atoms with van der Waals surface area (Å²) in [6.45, 7) is 7.48. The van der Waals surface area contributed by atoms with Crippen LogP contribution in [0.4, 0.5) is 0 Å². The van der Waals surface area contributed by atoms with E-state index in [1.807, 2.05) is 31.2 Å². The van der Waals surface area contributed by atoms with Crippen molar-refractivity contribution in [1.29, 1.82) is 0 Å². The minimum Gasteiger partial charge on any atom is -0.494 e. The SMILES string of the molecule is CCCOc1cccc(CNCC(C)OC(C)=O)c1. The molecule has 0 spiro atoms. The van der Waals surface area contributed by atoms with Gasteiger partial charge in [-0.1, -0.05) is 19.1 Å². The highest BCUT2D eigenvalue weighted by Crippen LogP contribution is 2.13. The smallest absolute Gasteiger partial charge is 0.302 e. The summed E-state index contributed by atoms with van der Waals surface area (Å²) in [7, 11) is 0. The molecule has 0 saturated carbocycles.